The van der Waals surface area contributed by atoms with Gasteiger partial charge in [0.05, 0.1) is 82.2 Å². The molecule has 4 atom stereocenters. The van der Waals surface area contributed by atoms with Gasteiger partial charge < -0.3 is 10.2 Å². The molecule has 0 amide bonds. The Morgan fingerprint density at radius 2 is 1.35 bits per heavy atom. The van der Waals surface area contributed by atoms with Crippen molar-refractivity contribution in [3.8, 4) is 0 Å². The van der Waals surface area contributed by atoms with Crippen LogP contribution in [-0.2, 0) is 0 Å². The lowest BCUT2D eigenvalue weighted by molar-refractivity contribution is -0.745. The largest absolute Gasteiger partial charge is 0.390 e. The van der Waals surface area contributed by atoms with Crippen LogP contribution in [0.4, 0.5) is 0 Å². The van der Waals surface area contributed by atoms with E-state index < -0.39 is 12.2 Å². The third kappa shape index (κ3) is 3.42. The first-order chi connectivity index (χ1) is 16.2. The number of rotatable bonds is 5. The third-order valence-electron chi connectivity index (χ3n) is 7.85. The monoisotopic (exact) mass is 707 g/mol. The second kappa shape index (κ2) is 8.36. The molecule has 0 spiro atoms. The van der Waals surface area contributed by atoms with Crippen molar-refractivity contribution < 1.29 is 18.8 Å². The zero-order valence-corrected chi connectivity index (χ0v) is 23.1. The van der Waals surface area contributed by atoms with Crippen molar-refractivity contribution in [1.29, 1.82) is 0 Å². The minimum Gasteiger partial charge on any atom is -0.390 e. The van der Waals surface area contributed by atoms with Crippen LogP contribution in [0.15, 0.2) is 67.6 Å². The smallest absolute Gasteiger partial charge is 0.293 e. The predicted octanol–water partition coefficient (Wildman–Crippen LogP) is 3.57. The zero-order chi connectivity index (χ0) is 23.8. The summed E-state index contributed by atoms with van der Waals surface area (Å²) in [6.45, 7) is 0. The molecule has 12 heteroatoms. The Morgan fingerprint density at radius 3 is 1.97 bits per heavy atom. The molecule has 2 saturated carbocycles. The maximum atomic E-state index is 10.9. The van der Waals surface area contributed by atoms with Crippen molar-refractivity contribution >= 4 is 77.1 Å². The summed E-state index contributed by atoms with van der Waals surface area (Å²) in [5.74, 6) is 7.02. The molecule has 0 aromatic rings. The lowest BCUT2D eigenvalue weighted by atomic mass is 9.64. The van der Waals surface area contributed by atoms with Gasteiger partial charge in [-0.25, -0.2) is 0 Å². The van der Waals surface area contributed by atoms with Crippen LogP contribution in [0.5, 0.6) is 0 Å². The molecule has 0 radical (unpaired) electrons. The molecule has 2 aliphatic carbocycles. The Balaban J connectivity index is 1.08. The molecular formula is C22H24ClI2N7O2+2. The van der Waals surface area contributed by atoms with Gasteiger partial charge in [-0.1, -0.05) is 0 Å². The topological polar surface area (TPSA) is 116 Å². The standard InChI is InChI=1S/C22H24ClI2N7O2/c23-31-3-1-27-9-15(31)17(29-21(31)24)11-5-13(6-11)19(33)20(34)14-7-12(8-14)18-16-10-28-2-4-32(16,26)22(25)30-18/h1-4,9-14,19-20,33-34H,5-8,26H2/q+2. The minimum absolute atomic E-state index is 0.0394. The van der Waals surface area contributed by atoms with Crippen LogP contribution in [0.25, 0.3) is 0 Å². The summed E-state index contributed by atoms with van der Waals surface area (Å²) < 4.78 is 1.66. The highest BCUT2D eigenvalue weighted by molar-refractivity contribution is 14.1. The average molecular weight is 708 g/mol. The van der Waals surface area contributed by atoms with Crippen molar-refractivity contribution in [2.75, 3.05) is 0 Å². The van der Waals surface area contributed by atoms with Crippen LogP contribution in [0, 0.1) is 23.7 Å². The first-order valence-corrected chi connectivity index (χ1v) is 13.7. The molecule has 0 aromatic carbocycles. The molecule has 2 fully saturated rings. The van der Waals surface area contributed by atoms with Gasteiger partial charge in [0.15, 0.2) is 11.8 Å². The summed E-state index contributed by atoms with van der Waals surface area (Å²) in [5, 5.41) is 21.9. The van der Waals surface area contributed by atoms with Crippen molar-refractivity contribution in [1.82, 2.24) is 0 Å². The lowest BCUT2D eigenvalue weighted by Crippen LogP contribution is -2.51. The Bertz CT molecular complexity index is 1100. The second-order valence-corrected chi connectivity index (χ2v) is 12.2. The first-order valence-electron chi connectivity index (χ1n) is 11.2. The molecule has 4 heterocycles. The summed E-state index contributed by atoms with van der Waals surface area (Å²) in [6.07, 6.45) is 12.2. The van der Waals surface area contributed by atoms with E-state index in [0.29, 0.717) is 0 Å². The molecule has 0 aromatic heterocycles. The SMILES string of the molecule is N[N+]12C=CN=CC1=C(C1CC(C(O)C(O)C3CC(C4=C5C=NC=C[N+]5(Cl)C(I)=N4)C3)C1)N=C2I. The van der Waals surface area contributed by atoms with E-state index in [4.69, 9.17) is 27.6 Å². The Morgan fingerprint density at radius 1 is 0.853 bits per heavy atom. The van der Waals surface area contributed by atoms with Crippen LogP contribution < -0.4 is 5.84 Å². The Labute approximate surface area is 229 Å². The highest BCUT2D eigenvalue weighted by Crippen LogP contribution is 2.51. The van der Waals surface area contributed by atoms with Gasteiger partial charge in [-0.05, 0) is 37.5 Å². The maximum Gasteiger partial charge on any atom is 0.293 e. The number of aliphatic hydroxyl groups is 2. The fourth-order valence-electron chi connectivity index (χ4n) is 5.61. The number of nitrogens with zero attached hydrogens (tertiary/aromatic N) is 6. The van der Waals surface area contributed by atoms with Crippen LogP contribution in [0.3, 0.4) is 0 Å². The number of nitrogens with two attached hydrogens (primary N) is 1. The van der Waals surface area contributed by atoms with Crippen molar-refractivity contribution in [2.45, 2.75) is 37.9 Å². The van der Waals surface area contributed by atoms with Gasteiger partial charge in [0.25, 0.3) is 7.68 Å². The zero-order valence-electron chi connectivity index (χ0n) is 18.0. The summed E-state index contributed by atoms with van der Waals surface area (Å²) in [6, 6.07) is 0. The molecule has 4 unspecified atom stereocenters. The quantitative estimate of drug-likeness (QED) is 0.134. The van der Waals surface area contributed by atoms with E-state index in [9.17, 15) is 10.2 Å². The molecule has 6 rings (SSSR count). The summed E-state index contributed by atoms with van der Waals surface area (Å²) >= 11 is 11.1. The number of aliphatic imine (C=N–C) groups is 4. The van der Waals surface area contributed by atoms with Gasteiger partial charge in [-0.2, -0.15) is 15.8 Å². The predicted molar refractivity (Wildman–Crippen MR) is 147 cm³/mol. The molecule has 0 bridgehead atoms. The first kappa shape index (κ1) is 23.6. The van der Waals surface area contributed by atoms with Crippen LogP contribution in [0.2, 0.25) is 0 Å². The number of halogens is 3. The fraction of sp³-hybridized carbons (Fsp3) is 0.455. The summed E-state index contributed by atoms with van der Waals surface area (Å²) in [7, 11) is 0. The molecular weight excluding hydrogens is 684 g/mol. The van der Waals surface area contributed by atoms with E-state index in [0.717, 1.165) is 56.2 Å². The van der Waals surface area contributed by atoms with Gasteiger partial charge in [-0.15, -0.1) is 8.59 Å². The molecule has 6 aliphatic rings. The highest BCUT2D eigenvalue weighted by Gasteiger charge is 2.52. The van der Waals surface area contributed by atoms with Gasteiger partial charge in [0, 0.05) is 11.8 Å². The number of hydrogen-bond acceptors (Lipinski definition) is 7. The fourth-order valence-corrected chi connectivity index (χ4v) is 7.19. The third-order valence-corrected chi connectivity index (χ3v) is 10.6. The Hall–Kier alpha value is -0.810. The number of allylic oxidation sites excluding steroid dienone is 4. The summed E-state index contributed by atoms with van der Waals surface area (Å²) in [4.78, 5) is 17.9. The minimum atomic E-state index is -0.749. The van der Waals surface area contributed by atoms with Crippen LogP contribution >= 0.6 is 57.0 Å². The van der Waals surface area contributed by atoms with E-state index in [1.807, 2.05) is 12.4 Å². The van der Waals surface area contributed by atoms with E-state index >= 15 is 0 Å². The molecule has 34 heavy (non-hydrogen) atoms. The number of amidine groups is 2. The molecule has 4 aliphatic heterocycles. The Kier molecular flexibility index (Phi) is 5.80. The number of hydrogen-bond donors (Lipinski definition) is 3. The van der Waals surface area contributed by atoms with E-state index in [1.54, 1.807) is 24.8 Å². The van der Waals surface area contributed by atoms with E-state index in [-0.39, 0.29) is 32.3 Å². The van der Waals surface area contributed by atoms with Gasteiger partial charge >= 0.3 is 0 Å². The van der Waals surface area contributed by atoms with Gasteiger partial charge in [0.2, 0.25) is 11.4 Å². The van der Waals surface area contributed by atoms with Gasteiger partial charge in [0.1, 0.15) is 23.8 Å². The highest BCUT2D eigenvalue weighted by atomic mass is 127. The second-order valence-electron chi connectivity index (χ2n) is 9.71. The van der Waals surface area contributed by atoms with Crippen LogP contribution in [0.1, 0.15) is 25.7 Å². The summed E-state index contributed by atoms with van der Waals surface area (Å²) in [5.41, 5.74) is 3.67. The number of fused-ring (bicyclic) bond motifs is 2. The van der Waals surface area contributed by atoms with E-state index in [2.05, 4.69) is 55.2 Å². The molecule has 9 nitrogen and oxygen atoms in total. The van der Waals surface area contributed by atoms with Crippen LogP contribution in [-0.4, -0.2) is 51.1 Å². The number of quaternary nitrogens is 2. The van der Waals surface area contributed by atoms with Crippen molar-refractivity contribution in [3.63, 3.8) is 0 Å². The van der Waals surface area contributed by atoms with Crippen molar-refractivity contribution in [2.24, 2.45) is 49.5 Å². The normalized spacial score (nSPS) is 41.6. The molecule has 4 N–H and O–H groups in total. The van der Waals surface area contributed by atoms with Gasteiger partial charge in [-0.3, -0.25) is 9.98 Å². The molecule has 0 saturated heterocycles. The average Bonchev–Trinajstić information content (AvgIpc) is 3.16. The lowest BCUT2D eigenvalue weighted by Gasteiger charge is -2.45. The van der Waals surface area contributed by atoms with E-state index in [1.165, 1.54) is 0 Å². The molecule has 178 valence electrons. The number of aliphatic hydroxyl groups excluding tert-OH is 2. The van der Waals surface area contributed by atoms with Crippen molar-refractivity contribution in [3.05, 3.63) is 47.6 Å². The maximum absolute atomic E-state index is 10.9.